The van der Waals surface area contributed by atoms with Gasteiger partial charge in [-0.15, -0.1) is 0 Å². The van der Waals surface area contributed by atoms with Crippen LogP contribution in [0.2, 0.25) is 0 Å². The number of carbonyl (C=O) groups excluding carboxylic acids is 1. The summed E-state index contributed by atoms with van der Waals surface area (Å²) in [4.78, 5) is 14.0. The number of likely N-dealkylation sites (N-methyl/N-ethyl adjacent to an activating group) is 1. The molecule has 1 atom stereocenters. The van der Waals surface area contributed by atoms with Crippen LogP contribution in [0.25, 0.3) is 0 Å². The SMILES string of the molecule is CC(NCCN(C)C)C(=O)c1ccc(F)cc1. The van der Waals surface area contributed by atoms with E-state index in [1.54, 1.807) is 0 Å². The maximum absolute atomic E-state index is 12.7. The first-order valence-electron chi connectivity index (χ1n) is 5.68. The molecule has 0 bridgehead atoms. The Kier molecular flexibility index (Phi) is 5.25. The van der Waals surface area contributed by atoms with Gasteiger partial charge in [-0.3, -0.25) is 4.79 Å². The van der Waals surface area contributed by atoms with Gasteiger partial charge in [-0.2, -0.15) is 0 Å². The van der Waals surface area contributed by atoms with Crippen LogP contribution in [0.4, 0.5) is 4.39 Å². The Morgan fingerprint density at radius 1 is 1.35 bits per heavy atom. The highest BCUT2D eigenvalue weighted by atomic mass is 19.1. The molecule has 0 spiro atoms. The molecule has 17 heavy (non-hydrogen) atoms. The van der Waals surface area contributed by atoms with Crippen molar-refractivity contribution >= 4 is 5.78 Å². The average molecular weight is 238 g/mol. The van der Waals surface area contributed by atoms with Crippen LogP contribution in [0.3, 0.4) is 0 Å². The summed E-state index contributed by atoms with van der Waals surface area (Å²) >= 11 is 0. The number of hydrogen-bond donors (Lipinski definition) is 1. The van der Waals surface area contributed by atoms with Gasteiger partial charge >= 0.3 is 0 Å². The first-order valence-corrected chi connectivity index (χ1v) is 5.68. The molecule has 0 fully saturated rings. The highest BCUT2D eigenvalue weighted by molar-refractivity contribution is 5.99. The van der Waals surface area contributed by atoms with Gasteiger partial charge in [-0.25, -0.2) is 4.39 Å². The monoisotopic (exact) mass is 238 g/mol. The second-order valence-corrected chi connectivity index (χ2v) is 4.35. The summed E-state index contributed by atoms with van der Waals surface area (Å²) < 4.78 is 12.7. The summed E-state index contributed by atoms with van der Waals surface area (Å²) in [7, 11) is 3.96. The lowest BCUT2D eigenvalue weighted by Crippen LogP contribution is -2.38. The Morgan fingerprint density at radius 3 is 2.47 bits per heavy atom. The molecule has 3 nitrogen and oxygen atoms in total. The van der Waals surface area contributed by atoms with Gasteiger partial charge in [-0.05, 0) is 45.3 Å². The quantitative estimate of drug-likeness (QED) is 0.763. The molecule has 94 valence electrons. The van der Waals surface area contributed by atoms with Crippen LogP contribution >= 0.6 is 0 Å². The highest BCUT2D eigenvalue weighted by Crippen LogP contribution is 2.05. The summed E-state index contributed by atoms with van der Waals surface area (Å²) in [5.74, 6) is -0.335. The van der Waals surface area contributed by atoms with E-state index in [1.807, 2.05) is 25.9 Å². The van der Waals surface area contributed by atoms with Crippen LogP contribution < -0.4 is 5.32 Å². The van der Waals surface area contributed by atoms with E-state index in [2.05, 4.69) is 5.32 Å². The molecule has 0 saturated carbocycles. The largest absolute Gasteiger partial charge is 0.308 e. The number of hydrogen-bond acceptors (Lipinski definition) is 3. The van der Waals surface area contributed by atoms with E-state index in [1.165, 1.54) is 24.3 Å². The van der Waals surface area contributed by atoms with Gasteiger partial charge in [0.15, 0.2) is 5.78 Å². The molecule has 0 saturated heterocycles. The topological polar surface area (TPSA) is 32.3 Å². The number of carbonyl (C=O) groups is 1. The van der Waals surface area contributed by atoms with Gasteiger partial charge < -0.3 is 10.2 Å². The standard InChI is InChI=1S/C13H19FN2O/c1-10(15-8-9-16(2)3)13(17)11-4-6-12(14)7-5-11/h4-7,10,15H,8-9H2,1-3H3. The lowest BCUT2D eigenvalue weighted by Gasteiger charge is -2.15. The van der Waals surface area contributed by atoms with Crippen molar-refractivity contribution in [2.75, 3.05) is 27.2 Å². The number of nitrogens with one attached hydrogen (secondary N) is 1. The van der Waals surface area contributed by atoms with E-state index in [0.29, 0.717) is 5.56 Å². The Hall–Kier alpha value is -1.26. The van der Waals surface area contributed by atoms with Crippen LogP contribution in [0.1, 0.15) is 17.3 Å². The molecule has 0 aromatic heterocycles. The number of halogens is 1. The summed E-state index contributed by atoms with van der Waals surface area (Å²) in [5.41, 5.74) is 0.538. The van der Waals surface area contributed by atoms with E-state index in [4.69, 9.17) is 0 Å². The lowest BCUT2D eigenvalue weighted by molar-refractivity contribution is 0.0950. The molecule has 0 aliphatic carbocycles. The van der Waals surface area contributed by atoms with Gasteiger partial charge in [0.05, 0.1) is 6.04 Å². The van der Waals surface area contributed by atoms with Crippen LogP contribution in [0, 0.1) is 5.82 Å². The minimum Gasteiger partial charge on any atom is -0.308 e. The van der Waals surface area contributed by atoms with Crippen molar-refractivity contribution in [1.82, 2.24) is 10.2 Å². The first-order chi connectivity index (χ1) is 8.00. The van der Waals surface area contributed by atoms with Gasteiger partial charge in [0.1, 0.15) is 5.82 Å². The summed E-state index contributed by atoms with van der Waals surface area (Å²) in [6.45, 7) is 3.45. The molecular weight excluding hydrogens is 219 g/mol. The molecule has 1 aromatic rings. The molecule has 1 aromatic carbocycles. The normalized spacial score (nSPS) is 12.8. The second-order valence-electron chi connectivity index (χ2n) is 4.35. The molecule has 1 rings (SSSR count). The predicted molar refractivity (Wildman–Crippen MR) is 66.7 cm³/mol. The van der Waals surface area contributed by atoms with Crippen molar-refractivity contribution in [3.8, 4) is 0 Å². The fourth-order valence-corrected chi connectivity index (χ4v) is 1.46. The number of benzene rings is 1. The Bertz CT molecular complexity index is 362. The van der Waals surface area contributed by atoms with Gasteiger partial charge in [0.2, 0.25) is 0 Å². The zero-order valence-corrected chi connectivity index (χ0v) is 10.5. The Morgan fingerprint density at radius 2 is 1.94 bits per heavy atom. The van der Waals surface area contributed by atoms with E-state index >= 15 is 0 Å². The summed E-state index contributed by atoms with van der Waals surface area (Å²) in [6.07, 6.45) is 0. The molecule has 0 amide bonds. The predicted octanol–water partition coefficient (Wildman–Crippen LogP) is 1.55. The molecule has 1 N–H and O–H groups in total. The zero-order valence-electron chi connectivity index (χ0n) is 10.5. The third kappa shape index (κ3) is 4.63. The van der Waals surface area contributed by atoms with Crippen molar-refractivity contribution in [1.29, 1.82) is 0 Å². The number of rotatable bonds is 6. The molecule has 0 radical (unpaired) electrons. The molecule has 0 heterocycles. The molecule has 0 aliphatic heterocycles. The van der Waals surface area contributed by atoms with Crippen LogP contribution in [0.15, 0.2) is 24.3 Å². The van der Waals surface area contributed by atoms with E-state index in [9.17, 15) is 9.18 Å². The zero-order chi connectivity index (χ0) is 12.8. The number of Topliss-reactive ketones (excluding diaryl/α,β-unsaturated/α-hetero) is 1. The van der Waals surface area contributed by atoms with Crippen molar-refractivity contribution in [2.45, 2.75) is 13.0 Å². The van der Waals surface area contributed by atoms with E-state index in [0.717, 1.165) is 13.1 Å². The third-order valence-electron chi connectivity index (χ3n) is 2.53. The minimum absolute atomic E-state index is 0.0104. The van der Waals surface area contributed by atoms with Crippen molar-refractivity contribution in [2.24, 2.45) is 0 Å². The Labute approximate surface area is 102 Å². The van der Waals surface area contributed by atoms with Crippen molar-refractivity contribution in [3.63, 3.8) is 0 Å². The van der Waals surface area contributed by atoms with Gasteiger partial charge in [0, 0.05) is 18.7 Å². The number of nitrogens with zero attached hydrogens (tertiary/aromatic N) is 1. The average Bonchev–Trinajstić information content (AvgIpc) is 2.28. The first kappa shape index (κ1) is 13.8. The minimum atomic E-state index is -0.324. The van der Waals surface area contributed by atoms with Crippen molar-refractivity contribution in [3.05, 3.63) is 35.6 Å². The fraction of sp³-hybridized carbons (Fsp3) is 0.462. The lowest BCUT2D eigenvalue weighted by atomic mass is 10.1. The van der Waals surface area contributed by atoms with E-state index < -0.39 is 0 Å². The third-order valence-corrected chi connectivity index (χ3v) is 2.53. The second kappa shape index (κ2) is 6.47. The van der Waals surface area contributed by atoms with Crippen molar-refractivity contribution < 1.29 is 9.18 Å². The van der Waals surface area contributed by atoms with Gasteiger partial charge in [0.25, 0.3) is 0 Å². The van der Waals surface area contributed by atoms with Crippen LogP contribution in [0.5, 0.6) is 0 Å². The Balaban J connectivity index is 2.49. The van der Waals surface area contributed by atoms with Crippen LogP contribution in [-0.2, 0) is 0 Å². The van der Waals surface area contributed by atoms with Crippen LogP contribution in [-0.4, -0.2) is 43.9 Å². The molecular formula is C13H19FN2O. The maximum atomic E-state index is 12.7. The molecule has 4 heteroatoms. The fourth-order valence-electron chi connectivity index (χ4n) is 1.46. The molecule has 0 aliphatic rings. The summed E-state index contributed by atoms with van der Waals surface area (Å²) in [6, 6.07) is 5.39. The maximum Gasteiger partial charge on any atom is 0.179 e. The highest BCUT2D eigenvalue weighted by Gasteiger charge is 2.14. The van der Waals surface area contributed by atoms with E-state index in [-0.39, 0.29) is 17.6 Å². The number of ketones is 1. The molecule has 1 unspecified atom stereocenters. The smallest absolute Gasteiger partial charge is 0.179 e. The van der Waals surface area contributed by atoms with Gasteiger partial charge in [-0.1, -0.05) is 0 Å². The summed E-state index contributed by atoms with van der Waals surface area (Å²) in [5, 5.41) is 3.14.